The maximum absolute atomic E-state index is 13.0. The number of carboxylic acid groups (broad SMARTS) is 1. The fraction of sp³-hybridized carbons (Fsp3) is 0.867. The predicted octanol–water partition coefficient (Wildman–Crippen LogP) is 5.24. The van der Waals surface area contributed by atoms with Gasteiger partial charge in [-0.25, -0.2) is 0 Å². The lowest BCUT2D eigenvalue weighted by atomic mass is 9.31. The molecule has 0 aromatic heterocycles. The van der Waals surface area contributed by atoms with Gasteiger partial charge in [0, 0.05) is 6.42 Å². The van der Waals surface area contributed by atoms with Crippen molar-refractivity contribution in [2.45, 2.75) is 98.5 Å². The fourth-order valence-electron chi connectivity index (χ4n) is 11.4. The lowest BCUT2D eigenvalue weighted by Gasteiger charge is -2.73. The van der Waals surface area contributed by atoms with E-state index in [2.05, 4.69) is 34.3 Å². The van der Waals surface area contributed by atoms with Gasteiger partial charge >= 0.3 is 5.97 Å². The molecule has 0 aromatic rings. The van der Waals surface area contributed by atoms with E-state index >= 15 is 0 Å². The molecule has 0 heterocycles. The van der Waals surface area contributed by atoms with Crippen LogP contribution in [0.3, 0.4) is 0 Å². The first-order valence-corrected chi connectivity index (χ1v) is 13.9. The largest absolute Gasteiger partial charge is 0.481 e. The molecular formula is C30H46O5. The smallest absolute Gasteiger partial charge is 0.309 e. The summed E-state index contributed by atoms with van der Waals surface area (Å²) >= 11 is 0. The Labute approximate surface area is 210 Å². The second-order valence-electron chi connectivity index (χ2n) is 14.3. The Morgan fingerprint density at radius 1 is 1.03 bits per heavy atom. The minimum absolute atomic E-state index is 0.0184. The lowest BCUT2D eigenvalue weighted by molar-refractivity contribution is -0.267. The molecule has 0 amide bonds. The van der Waals surface area contributed by atoms with Gasteiger partial charge in [0.2, 0.25) is 0 Å². The minimum Gasteiger partial charge on any atom is -0.481 e. The van der Waals surface area contributed by atoms with Crippen molar-refractivity contribution < 1.29 is 24.9 Å². The van der Waals surface area contributed by atoms with E-state index in [-0.39, 0.29) is 58.2 Å². The third-order valence-corrected chi connectivity index (χ3v) is 13.3. The van der Waals surface area contributed by atoms with Gasteiger partial charge in [0.25, 0.3) is 0 Å². The van der Waals surface area contributed by atoms with Crippen LogP contribution in [-0.4, -0.2) is 39.8 Å². The van der Waals surface area contributed by atoms with Crippen LogP contribution < -0.4 is 0 Å². The van der Waals surface area contributed by atoms with Crippen LogP contribution in [0.15, 0.2) is 12.2 Å². The van der Waals surface area contributed by atoms with Gasteiger partial charge in [-0.3, -0.25) is 9.59 Å². The van der Waals surface area contributed by atoms with E-state index in [1.54, 1.807) is 0 Å². The van der Waals surface area contributed by atoms with Crippen LogP contribution in [0.25, 0.3) is 0 Å². The molecule has 0 spiro atoms. The van der Waals surface area contributed by atoms with Crippen LogP contribution in [0, 0.1) is 56.7 Å². The summed E-state index contributed by atoms with van der Waals surface area (Å²) in [5.74, 6) is -0.0384. The van der Waals surface area contributed by atoms with Crippen molar-refractivity contribution in [1.29, 1.82) is 0 Å². The predicted molar refractivity (Wildman–Crippen MR) is 134 cm³/mol. The molecule has 0 aliphatic heterocycles. The number of allylic oxidation sites excluding steroid dienone is 1. The SMILES string of the molecule is C=C(C)C1CCC2(C(=O)O)CCC3(C)C(CC(O)C4C5(C)CCC(=O)C(C)(CO)C5CCC43C)C12. The van der Waals surface area contributed by atoms with Crippen LogP contribution in [0.4, 0.5) is 0 Å². The van der Waals surface area contributed by atoms with Crippen LogP contribution in [-0.2, 0) is 9.59 Å². The second kappa shape index (κ2) is 7.66. The number of aliphatic hydroxyl groups excluding tert-OH is 2. The Balaban J connectivity index is 1.61. The topological polar surface area (TPSA) is 94.8 Å². The molecule has 5 nitrogen and oxygen atoms in total. The number of hydrogen-bond donors (Lipinski definition) is 3. The van der Waals surface area contributed by atoms with E-state index < -0.39 is 22.9 Å². The first kappa shape index (κ1) is 25.4. The van der Waals surface area contributed by atoms with Gasteiger partial charge in [-0.15, -0.1) is 0 Å². The van der Waals surface area contributed by atoms with Gasteiger partial charge in [-0.1, -0.05) is 39.8 Å². The summed E-state index contributed by atoms with van der Waals surface area (Å²) in [7, 11) is 0. The fourth-order valence-corrected chi connectivity index (χ4v) is 11.4. The monoisotopic (exact) mass is 486 g/mol. The molecule has 35 heavy (non-hydrogen) atoms. The van der Waals surface area contributed by atoms with Crippen molar-refractivity contribution in [3.63, 3.8) is 0 Å². The van der Waals surface area contributed by atoms with Gasteiger partial charge in [-0.05, 0) is 104 Å². The van der Waals surface area contributed by atoms with Crippen molar-refractivity contribution in [2.24, 2.45) is 56.7 Å². The Morgan fingerprint density at radius 3 is 2.31 bits per heavy atom. The quantitative estimate of drug-likeness (QED) is 0.474. The highest BCUT2D eigenvalue weighted by Crippen LogP contribution is 2.77. The summed E-state index contributed by atoms with van der Waals surface area (Å²) in [6, 6.07) is 0. The number of aliphatic carboxylic acids is 1. The molecule has 0 radical (unpaired) electrons. The molecule has 11 unspecified atom stereocenters. The number of hydrogen-bond acceptors (Lipinski definition) is 4. The highest BCUT2D eigenvalue weighted by molar-refractivity contribution is 5.86. The van der Waals surface area contributed by atoms with Crippen molar-refractivity contribution in [3.05, 3.63) is 12.2 Å². The van der Waals surface area contributed by atoms with Crippen LogP contribution in [0.1, 0.15) is 92.4 Å². The zero-order chi connectivity index (χ0) is 25.8. The number of aliphatic hydroxyl groups is 2. The highest BCUT2D eigenvalue weighted by atomic mass is 16.4. The number of ketones is 1. The van der Waals surface area contributed by atoms with E-state index in [1.807, 2.05) is 6.92 Å². The molecule has 0 saturated heterocycles. The van der Waals surface area contributed by atoms with Crippen molar-refractivity contribution in [1.82, 2.24) is 0 Å². The second-order valence-corrected chi connectivity index (χ2v) is 14.3. The van der Waals surface area contributed by atoms with Crippen molar-refractivity contribution in [3.8, 4) is 0 Å². The summed E-state index contributed by atoms with van der Waals surface area (Å²) in [6.45, 7) is 15.2. The van der Waals surface area contributed by atoms with Crippen LogP contribution in [0.5, 0.6) is 0 Å². The number of carbonyl (C=O) groups is 2. The average Bonchev–Trinajstić information content (AvgIpc) is 3.19. The maximum Gasteiger partial charge on any atom is 0.309 e. The summed E-state index contributed by atoms with van der Waals surface area (Å²) in [6.07, 6.45) is 6.29. The van der Waals surface area contributed by atoms with Gasteiger partial charge in [0.15, 0.2) is 0 Å². The third-order valence-electron chi connectivity index (χ3n) is 13.3. The van der Waals surface area contributed by atoms with E-state index in [4.69, 9.17) is 0 Å². The summed E-state index contributed by atoms with van der Waals surface area (Å²) < 4.78 is 0. The number of carboxylic acids is 1. The number of fused-ring (bicyclic) bond motifs is 7. The summed E-state index contributed by atoms with van der Waals surface area (Å²) in [4.78, 5) is 25.8. The highest BCUT2D eigenvalue weighted by Gasteiger charge is 2.74. The standard InChI is InChI=1S/C30H46O5/c1-17(2)18-7-12-30(25(34)35)14-13-28(5)19(23(18)30)15-20(32)24-26(3)10-9-22(33)27(4,16-31)21(26)8-11-29(24,28)6/h18-21,23-24,31-32H,1,7-16H2,2-6H3,(H,34,35). The molecule has 11 atom stereocenters. The van der Waals surface area contributed by atoms with E-state index in [0.29, 0.717) is 25.7 Å². The van der Waals surface area contributed by atoms with Crippen molar-refractivity contribution in [2.75, 3.05) is 6.61 Å². The average molecular weight is 487 g/mol. The molecule has 5 fully saturated rings. The number of Topliss-reactive ketones (excluding diaryl/α,β-unsaturated/α-hetero) is 1. The normalized spacial score (nSPS) is 55.3. The number of carbonyl (C=O) groups excluding carboxylic acids is 1. The summed E-state index contributed by atoms with van der Waals surface area (Å²) in [5, 5.41) is 32.8. The molecule has 196 valence electrons. The van der Waals surface area contributed by atoms with Gasteiger partial charge < -0.3 is 15.3 Å². The van der Waals surface area contributed by atoms with Gasteiger partial charge in [-0.2, -0.15) is 0 Å². The van der Waals surface area contributed by atoms with E-state index in [0.717, 1.165) is 37.7 Å². The van der Waals surface area contributed by atoms with Gasteiger partial charge in [0.05, 0.1) is 23.5 Å². The van der Waals surface area contributed by atoms with Gasteiger partial charge in [0.1, 0.15) is 5.78 Å². The van der Waals surface area contributed by atoms with Crippen molar-refractivity contribution >= 4 is 11.8 Å². The van der Waals surface area contributed by atoms with Crippen LogP contribution in [0.2, 0.25) is 0 Å². The Bertz CT molecular complexity index is 958. The molecule has 0 aromatic carbocycles. The van der Waals surface area contributed by atoms with E-state index in [1.165, 1.54) is 0 Å². The molecule has 5 saturated carbocycles. The minimum atomic E-state index is -0.743. The maximum atomic E-state index is 13.0. The summed E-state index contributed by atoms with van der Waals surface area (Å²) in [5.41, 5.74) is -0.813. The first-order valence-electron chi connectivity index (χ1n) is 13.9. The third kappa shape index (κ3) is 2.89. The molecule has 5 aliphatic rings. The lowest BCUT2D eigenvalue weighted by Crippen LogP contribution is -2.70. The molecule has 3 N–H and O–H groups in total. The molecule has 0 bridgehead atoms. The molecule has 5 aliphatic carbocycles. The Kier molecular flexibility index (Phi) is 5.57. The number of rotatable bonds is 3. The van der Waals surface area contributed by atoms with Crippen LogP contribution >= 0.6 is 0 Å². The Morgan fingerprint density at radius 2 is 1.71 bits per heavy atom. The Hall–Kier alpha value is -1.20. The molecular weight excluding hydrogens is 440 g/mol. The zero-order valence-corrected chi connectivity index (χ0v) is 22.4. The van der Waals surface area contributed by atoms with E-state index in [9.17, 15) is 24.9 Å². The molecule has 5 rings (SSSR count). The molecule has 5 heteroatoms. The zero-order valence-electron chi connectivity index (χ0n) is 22.4. The first-order chi connectivity index (χ1) is 16.2.